The summed E-state index contributed by atoms with van der Waals surface area (Å²) in [6.45, 7) is 6.28. The number of nitrogens with zero attached hydrogens (tertiary/aromatic N) is 1. The van der Waals surface area contributed by atoms with Gasteiger partial charge in [0, 0.05) is 26.1 Å². The molecule has 0 unspecified atom stereocenters. The van der Waals surface area contributed by atoms with Crippen molar-refractivity contribution < 1.29 is 4.79 Å². The van der Waals surface area contributed by atoms with E-state index in [1.807, 2.05) is 13.8 Å². The predicted molar refractivity (Wildman–Crippen MR) is 52.1 cm³/mol. The van der Waals surface area contributed by atoms with Gasteiger partial charge in [-0.3, -0.25) is 9.69 Å². The van der Waals surface area contributed by atoms with Gasteiger partial charge in [0.15, 0.2) is 0 Å². The molecule has 1 N–H and O–H groups in total. The first-order valence-corrected chi connectivity index (χ1v) is 4.56. The number of amides is 1. The molecule has 3 nitrogen and oxygen atoms in total. The van der Waals surface area contributed by atoms with Gasteiger partial charge in [-0.15, -0.1) is 12.3 Å². The Morgan fingerprint density at radius 3 is 3.00 bits per heavy atom. The summed E-state index contributed by atoms with van der Waals surface area (Å²) >= 11 is 0. The lowest BCUT2D eigenvalue weighted by Gasteiger charge is -2.40. The van der Waals surface area contributed by atoms with E-state index in [-0.39, 0.29) is 5.91 Å². The Hall–Kier alpha value is -1.01. The highest BCUT2D eigenvalue weighted by atomic mass is 16.2. The van der Waals surface area contributed by atoms with Crippen molar-refractivity contribution >= 4 is 5.91 Å². The summed E-state index contributed by atoms with van der Waals surface area (Å²) in [5.74, 6) is 2.69. The molecule has 1 amide bonds. The van der Waals surface area contributed by atoms with Crippen LogP contribution in [0.2, 0.25) is 0 Å². The fraction of sp³-hybridized carbons (Fsp3) is 0.700. The van der Waals surface area contributed by atoms with E-state index in [0.717, 1.165) is 19.6 Å². The summed E-state index contributed by atoms with van der Waals surface area (Å²) in [5.41, 5.74) is -0.408. The van der Waals surface area contributed by atoms with E-state index in [4.69, 9.17) is 6.42 Å². The molecule has 0 bridgehead atoms. The first-order chi connectivity index (χ1) is 6.09. The Kier molecular flexibility index (Phi) is 2.94. The van der Waals surface area contributed by atoms with Crippen LogP contribution in [0.25, 0.3) is 0 Å². The van der Waals surface area contributed by atoms with Crippen LogP contribution in [0.1, 0.15) is 20.3 Å². The number of terminal acetylenes is 1. The van der Waals surface area contributed by atoms with Gasteiger partial charge in [-0.1, -0.05) is 0 Å². The Labute approximate surface area is 79.5 Å². The van der Waals surface area contributed by atoms with E-state index in [9.17, 15) is 4.79 Å². The zero-order chi connectivity index (χ0) is 9.90. The first-order valence-electron chi connectivity index (χ1n) is 4.56. The first kappa shape index (κ1) is 10.1. The molecule has 1 aliphatic heterocycles. The van der Waals surface area contributed by atoms with Crippen molar-refractivity contribution in [1.29, 1.82) is 0 Å². The molecule has 0 aromatic heterocycles. The molecule has 1 rings (SSSR count). The van der Waals surface area contributed by atoms with Gasteiger partial charge >= 0.3 is 0 Å². The Morgan fingerprint density at radius 2 is 2.38 bits per heavy atom. The van der Waals surface area contributed by atoms with Gasteiger partial charge in [-0.25, -0.2) is 0 Å². The summed E-state index contributed by atoms with van der Waals surface area (Å²) in [6, 6.07) is 0. The number of carbonyl (C=O) groups is 1. The Balaban J connectivity index is 2.62. The van der Waals surface area contributed by atoms with E-state index in [1.165, 1.54) is 0 Å². The van der Waals surface area contributed by atoms with Crippen molar-refractivity contribution in [3.05, 3.63) is 0 Å². The minimum atomic E-state index is -0.408. The molecule has 0 aliphatic carbocycles. The minimum Gasteiger partial charge on any atom is -0.353 e. The van der Waals surface area contributed by atoms with Crippen LogP contribution in [0.3, 0.4) is 0 Å². The van der Waals surface area contributed by atoms with Crippen LogP contribution < -0.4 is 5.32 Å². The van der Waals surface area contributed by atoms with E-state index in [0.29, 0.717) is 6.42 Å². The lowest BCUT2D eigenvalue weighted by molar-refractivity contribution is -0.134. The van der Waals surface area contributed by atoms with Crippen LogP contribution in [0.4, 0.5) is 0 Å². The molecule has 0 spiro atoms. The predicted octanol–water partition coefficient (Wildman–Crippen LogP) is 0.220. The lowest BCUT2D eigenvalue weighted by Crippen LogP contribution is -2.61. The van der Waals surface area contributed by atoms with Crippen LogP contribution in [0, 0.1) is 12.3 Å². The Bertz CT molecular complexity index is 240. The molecule has 3 heteroatoms. The zero-order valence-electron chi connectivity index (χ0n) is 8.26. The van der Waals surface area contributed by atoms with Gasteiger partial charge in [0.05, 0.1) is 5.54 Å². The lowest BCUT2D eigenvalue weighted by atomic mass is 9.99. The molecule has 1 heterocycles. The molecule has 72 valence electrons. The average Bonchev–Trinajstić information content (AvgIpc) is 2.08. The van der Waals surface area contributed by atoms with Crippen LogP contribution >= 0.6 is 0 Å². The standard InChI is InChI=1S/C10H16N2O/c1-4-5-7-12-8-6-11-9(13)10(12,2)3/h1H,5-8H2,2-3H3,(H,11,13). The number of rotatable bonds is 2. The van der Waals surface area contributed by atoms with Crippen molar-refractivity contribution in [3.8, 4) is 12.3 Å². The second-order valence-corrected chi connectivity index (χ2v) is 3.76. The maximum atomic E-state index is 11.5. The average molecular weight is 180 g/mol. The van der Waals surface area contributed by atoms with E-state index in [1.54, 1.807) is 0 Å². The summed E-state index contributed by atoms with van der Waals surface area (Å²) in [5, 5.41) is 2.85. The van der Waals surface area contributed by atoms with Crippen LogP contribution in [0.5, 0.6) is 0 Å². The van der Waals surface area contributed by atoms with Crippen molar-refractivity contribution in [2.45, 2.75) is 25.8 Å². The van der Waals surface area contributed by atoms with Gasteiger partial charge in [0.1, 0.15) is 0 Å². The van der Waals surface area contributed by atoms with E-state index in [2.05, 4.69) is 16.1 Å². The topological polar surface area (TPSA) is 32.3 Å². The molecule has 13 heavy (non-hydrogen) atoms. The molecular weight excluding hydrogens is 164 g/mol. The SMILES string of the molecule is C#CCCN1CCNC(=O)C1(C)C. The monoisotopic (exact) mass is 180 g/mol. The molecule has 0 aromatic rings. The van der Waals surface area contributed by atoms with Crippen molar-refractivity contribution in [2.75, 3.05) is 19.6 Å². The van der Waals surface area contributed by atoms with E-state index >= 15 is 0 Å². The fourth-order valence-electron chi connectivity index (χ4n) is 1.53. The molecule has 1 aliphatic rings. The zero-order valence-corrected chi connectivity index (χ0v) is 8.26. The highest BCUT2D eigenvalue weighted by Crippen LogP contribution is 2.17. The molecule has 0 saturated carbocycles. The summed E-state index contributed by atoms with van der Waals surface area (Å²) in [4.78, 5) is 13.6. The van der Waals surface area contributed by atoms with Crippen molar-refractivity contribution in [2.24, 2.45) is 0 Å². The maximum absolute atomic E-state index is 11.5. The summed E-state index contributed by atoms with van der Waals surface area (Å²) in [7, 11) is 0. The van der Waals surface area contributed by atoms with Gasteiger partial charge in [-0.2, -0.15) is 0 Å². The molecule has 1 saturated heterocycles. The minimum absolute atomic E-state index is 0.0933. The molecule has 0 aromatic carbocycles. The van der Waals surface area contributed by atoms with Gasteiger partial charge < -0.3 is 5.32 Å². The third kappa shape index (κ3) is 2.02. The highest BCUT2D eigenvalue weighted by molar-refractivity contribution is 5.86. The van der Waals surface area contributed by atoms with Gasteiger partial charge in [0.2, 0.25) is 5.91 Å². The normalized spacial score (nSPS) is 22.1. The second-order valence-electron chi connectivity index (χ2n) is 3.76. The fourth-order valence-corrected chi connectivity index (χ4v) is 1.53. The highest BCUT2D eigenvalue weighted by Gasteiger charge is 2.36. The van der Waals surface area contributed by atoms with Crippen molar-refractivity contribution in [3.63, 3.8) is 0 Å². The third-order valence-corrected chi connectivity index (χ3v) is 2.54. The summed E-state index contributed by atoms with van der Waals surface area (Å²) < 4.78 is 0. The summed E-state index contributed by atoms with van der Waals surface area (Å²) in [6.07, 6.45) is 5.90. The molecule has 0 radical (unpaired) electrons. The van der Waals surface area contributed by atoms with Crippen LogP contribution in [-0.2, 0) is 4.79 Å². The number of piperazine rings is 1. The third-order valence-electron chi connectivity index (χ3n) is 2.54. The van der Waals surface area contributed by atoms with Crippen molar-refractivity contribution in [1.82, 2.24) is 10.2 Å². The van der Waals surface area contributed by atoms with Crippen LogP contribution in [0.15, 0.2) is 0 Å². The Morgan fingerprint density at radius 1 is 1.69 bits per heavy atom. The quantitative estimate of drug-likeness (QED) is 0.617. The number of hydrogen-bond donors (Lipinski definition) is 1. The number of nitrogens with one attached hydrogen (secondary N) is 1. The number of carbonyl (C=O) groups excluding carboxylic acids is 1. The number of hydrogen-bond acceptors (Lipinski definition) is 2. The van der Waals surface area contributed by atoms with Crippen LogP contribution in [-0.4, -0.2) is 36.0 Å². The molecular formula is C10H16N2O. The molecule has 0 atom stereocenters. The molecule has 1 fully saturated rings. The van der Waals surface area contributed by atoms with Gasteiger partial charge in [-0.05, 0) is 13.8 Å². The second kappa shape index (κ2) is 3.80. The van der Waals surface area contributed by atoms with E-state index < -0.39 is 5.54 Å². The largest absolute Gasteiger partial charge is 0.353 e. The van der Waals surface area contributed by atoms with Gasteiger partial charge in [0.25, 0.3) is 0 Å². The smallest absolute Gasteiger partial charge is 0.239 e. The maximum Gasteiger partial charge on any atom is 0.239 e.